The third-order valence-electron chi connectivity index (χ3n) is 5.00. The van der Waals surface area contributed by atoms with Crippen molar-refractivity contribution in [2.24, 2.45) is 5.90 Å². The van der Waals surface area contributed by atoms with E-state index in [-0.39, 0.29) is 0 Å². The molecule has 0 aliphatic heterocycles. The van der Waals surface area contributed by atoms with Crippen molar-refractivity contribution >= 4 is 0 Å². The predicted octanol–water partition coefficient (Wildman–Crippen LogP) is 2.38. The first-order chi connectivity index (χ1) is 14.8. The van der Waals surface area contributed by atoms with Gasteiger partial charge in [-0.1, -0.05) is 0 Å². The standard InChI is InChI=1S/C19H19F6NO6/c20-18(21,22)17(19(23,24)25,13-1-9(5-27)15(30)10(2-13)6-28)14-3-11(7-29)16(31)12(4-14)8-32-26/h1-4,27-31H,5-8,26H2. The Morgan fingerprint density at radius 1 is 0.656 bits per heavy atom. The molecule has 32 heavy (non-hydrogen) atoms. The summed E-state index contributed by atoms with van der Waals surface area (Å²) in [6, 6.07) is 1.35. The summed E-state index contributed by atoms with van der Waals surface area (Å²) in [5, 5.41) is 48.0. The number of rotatable bonds is 7. The number of phenols is 2. The Labute approximate surface area is 176 Å². The Balaban J connectivity index is 3.11. The molecule has 0 aliphatic rings. The van der Waals surface area contributed by atoms with Crippen LogP contribution in [0.4, 0.5) is 26.3 Å². The molecule has 0 aliphatic carbocycles. The number of aliphatic hydroxyl groups is 3. The highest BCUT2D eigenvalue weighted by atomic mass is 19.4. The third-order valence-corrected chi connectivity index (χ3v) is 5.00. The molecule has 2 aromatic rings. The van der Waals surface area contributed by atoms with Crippen LogP contribution in [0.2, 0.25) is 0 Å². The molecule has 2 rings (SSSR count). The number of alkyl halides is 6. The lowest BCUT2D eigenvalue weighted by Crippen LogP contribution is -2.55. The molecule has 0 heterocycles. The zero-order valence-corrected chi connectivity index (χ0v) is 16.1. The number of benzene rings is 2. The molecule has 0 radical (unpaired) electrons. The average molecular weight is 471 g/mol. The van der Waals surface area contributed by atoms with E-state index in [1.54, 1.807) is 0 Å². The van der Waals surface area contributed by atoms with Gasteiger partial charge in [0.1, 0.15) is 11.5 Å². The highest BCUT2D eigenvalue weighted by molar-refractivity contribution is 5.55. The van der Waals surface area contributed by atoms with E-state index < -0.39 is 89.1 Å². The van der Waals surface area contributed by atoms with Gasteiger partial charge in [0.05, 0.1) is 26.4 Å². The second-order valence-corrected chi connectivity index (χ2v) is 6.82. The lowest BCUT2D eigenvalue weighted by Gasteiger charge is -2.39. The van der Waals surface area contributed by atoms with Gasteiger partial charge in [-0.15, -0.1) is 0 Å². The maximum Gasteiger partial charge on any atom is 0.411 e. The van der Waals surface area contributed by atoms with Gasteiger partial charge in [-0.25, -0.2) is 5.90 Å². The highest BCUT2D eigenvalue weighted by Crippen LogP contribution is 2.57. The summed E-state index contributed by atoms with van der Waals surface area (Å²) < 4.78 is 86.3. The molecule has 0 amide bonds. The van der Waals surface area contributed by atoms with E-state index in [0.29, 0.717) is 24.3 Å². The van der Waals surface area contributed by atoms with Gasteiger partial charge in [0.2, 0.25) is 5.41 Å². The molecule has 7 N–H and O–H groups in total. The molecule has 0 saturated carbocycles. The van der Waals surface area contributed by atoms with E-state index in [9.17, 15) is 51.9 Å². The number of nitrogens with two attached hydrogens (primary N) is 1. The van der Waals surface area contributed by atoms with E-state index in [2.05, 4.69) is 4.84 Å². The van der Waals surface area contributed by atoms with E-state index in [1.165, 1.54) is 0 Å². The minimum atomic E-state index is -6.05. The van der Waals surface area contributed by atoms with Crippen LogP contribution in [0.15, 0.2) is 24.3 Å². The van der Waals surface area contributed by atoms with Crippen LogP contribution in [0, 0.1) is 0 Å². The summed E-state index contributed by atoms with van der Waals surface area (Å²) in [4.78, 5) is 4.24. The minimum Gasteiger partial charge on any atom is -0.507 e. The zero-order chi connectivity index (χ0) is 24.5. The molecule has 178 valence electrons. The second-order valence-electron chi connectivity index (χ2n) is 6.82. The topological polar surface area (TPSA) is 136 Å². The molecule has 0 aromatic heterocycles. The Kier molecular flexibility index (Phi) is 7.31. The molecule has 0 atom stereocenters. The van der Waals surface area contributed by atoms with Crippen molar-refractivity contribution in [3.63, 3.8) is 0 Å². The molecular weight excluding hydrogens is 452 g/mol. The summed E-state index contributed by atoms with van der Waals surface area (Å²) in [6.45, 7) is -4.13. The summed E-state index contributed by atoms with van der Waals surface area (Å²) in [7, 11) is 0. The first kappa shape index (κ1) is 25.7. The number of hydrogen-bond donors (Lipinski definition) is 6. The van der Waals surface area contributed by atoms with Crippen molar-refractivity contribution in [1.82, 2.24) is 0 Å². The highest BCUT2D eigenvalue weighted by Gasteiger charge is 2.72. The molecule has 0 bridgehead atoms. The van der Waals surface area contributed by atoms with Gasteiger partial charge in [0.25, 0.3) is 0 Å². The Hall–Kier alpha value is -2.58. The van der Waals surface area contributed by atoms with Crippen molar-refractivity contribution in [3.05, 3.63) is 57.6 Å². The maximum atomic E-state index is 14.4. The first-order valence-corrected chi connectivity index (χ1v) is 8.78. The Morgan fingerprint density at radius 3 is 1.25 bits per heavy atom. The monoisotopic (exact) mass is 471 g/mol. The van der Waals surface area contributed by atoms with Gasteiger partial charge in [-0.05, 0) is 35.4 Å². The fraction of sp³-hybridized carbons (Fsp3) is 0.368. The van der Waals surface area contributed by atoms with Gasteiger partial charge >= 0.3 is 12.4 Å². The van der Waals surface area contributed by atoms with Crippen molar-refractivity contribution < 1.29 is 56.7 Å². The summed E-state index contributed by atoms with van der Waals surface area (Å²) in [5.74, 6) is 3.18. The average Bonchev–Trinajstić information content (AvgIpc) is 2.69. The summed E-state index contributed by atoms with van der Waals surface area (Å²) >= 11 is 0. The molecule has 13 heteroatoms. The molecule has 0 unspecified atom stereocenters. The number of halogens is 6. The van der Waals surface area contributed by atoms with Crippen molar-refractivity contribution in [2.75, 3.05) is 0 Å². The molecular formula is C19H19F6NO6. The van der Waals surface area contributed by atoms with Gasteiger partial charge in [-0.2, -0.15) is 26.3 Å². The zero-order valence-electron chi connectivity index (χ0n) is 16.1. The molecule has 0 spiro atoms. The number of aromatic hydroxyl groups is 2. The van der Waals surface area contributed by atoms with Crippen LogP contribution in [0.3, 0.4) is 0 Å². The van der Waals surface area contributed by atoms with Gasteiger partial charge < -0.3 is 25.5 Å². The minimum absolute atomic E-state index is 0.319. The van der Waals surface area contributed by atoms with Gasteiger partial charge in [0.15, 0.2) is 0 Å². The summed E-state index contributed by atoms with van der Waals surface area (Å²) in [5.41, 5.74) is -10.2. The largest absolute Gasteiger partial charge is 0.507 e. The van der Waals surface area contributed by atoms with Crippen LogP contribution in [0.5, 0.6) is 11.5 Å². The fourth-order valence-electron chi connectivity index (χ4n) is 3.50. The van der Waals surface area contributed by atoms with E-state index in [4.69, 9.17) is 5.90 Å². The lowest BCUT2D eigenvalue weighted by molar-refractivity contribution is -0.288. The van der Waals surface area contributed by atoms with Crippen molar-refractivity contribution in [1.29, 1.82) is 0 Å². The lowest BCUT2D eigenvalue weighted by atomic mass is 9.71. The van der Waals surface area contributed by atoms with Crippen molar-refractivity contribution in [2.45, 2.75) is 44.2 Å². The molecule has 2 aromatic carbocycles. The van der Waals surface area contributed by atoms with Crippen LogP contribution in [0.1, 0.15) is 33.4 Å². The van der Waals surface area contributed by atoms with E-state index >= 15 is 0 Å². The van der Waals surface area contributed by atoms with Crippen LogP contribution in [-0.4, -0.2) is 37.9 Å². The van der Waals surface area contributed by atoms with Crippen LogP contribution < -0.4 is 5.90 Å². The molecule has 7 nitrogen and oxygen atoms in total. The predicted molar refractivity (Wildman–Crippen MR) is 95.8 cm³/mol. The number of aliphatic hydroxyl groups excluding tert-OH is 3. The van der Waals surface area contributed by atoms with Crippen LogP contribution in [-0.2, 0) is 36.7 Å². The van der Waals surface area contributed by atoms with Crippen molar-refractivity contribution in [3.8, 4) is 11.5 Å². The van der Waals surface area contributed by atoms with E-state index in [0.717, 1.165) is 0 Å². The SMILES string of the molecule is NOCc1cc(C(c2cc(CO)c(O)c(CO)c2)(C(F)(F)F)C(F)(F)F)cc(CO)c1O. The van der Waals surface area contributed by atoms with E-state index in [1.807, 2.05) is 0 Å². The summed E-state index contributed by atoms with van der Waals surface area (Å²) in [6.07, 6.45) is -12.1. The quantitative estimate of drug-likeness (QED) is 0.270. The Morgan fingerprint density at radius 2 is 0.969 bits per heavy atom. The first-order valence-electron chi connectivity index (χ1n) is 8.78. The normalized spacial score (nSPS) is 12.9. The van der Waals surface area contributed by atoms with Crippen LogP contribution >= 0.6 is 0 Å². The smallest absolute Gasteiger partial charge is 0.411 e. The second kappa shape index (κ2) is 9.11. The molecule has 0 saturated heterocycles. The van der Waals surface area contributed by atoms with Crippen LogP contribution in [0.25, 0.3) is 0 Å². The maximum absolute atomic E-state index is 14.4. The van der Waals surface area contributed by atoms with Gasteiger partial charge in [0, 0.05) is 22.3 Å². The third kappa shape index (κ3) is 4.09. The number of hydrogen-bond acceptors (Lipinski definition) is 7. The van der Waals surface area contributed by atoms with Gasteiger partial charge in [-0.3, -0.25) is 4.84 Å². The molecule has 0 fully saturated rings. The Bertz CT molecular complexity index is 937. The fourth-order valence-corrected chi connectivity index (χ4v) is 3.50.